The second-order valence-electron chi connectivity index (χ2n) is 17.6. The Morgan fingerprint density at radius 1 is 0.655 bits per heavy atom. The molecule has 4 fully saturated rings. The molecule has 14 nitrogen and oxygen atoms in total. The predicted octanol–water partition coefficient (Wildman–Crippen LogP) is 4.65. The highest BCUT2D eigenvalue weighted by Crippen LogP contribution is 2.32. The maximum Gasteiger partial charge on any atom is 0.408 e. The van der Waals surface area contributed by atoms with Crippen molar-refractivity contribution in [3.8, 4) is 11.5 Å². The standard InChI is InChI=1S/C42H58F2N6O8/c1-41(2,3)57-39(53)47-31(37(51)49-21-19-29-35(49)33(23-45-29)55-27-15-11-25(43)12-16-27)9-7-8-10-32(48-40(54)58-42(4,5)6)38(52)50-22-20-30-36(50)34(24-46-30)56-28-17-13-26(44)14-18-28/h11-18,29-36,45-46H,7-10,19-24H2,1-6H3,(H,47,53)(H,48,54). The second kappa shape index (κ2) is 18.1. The number of nitrogens with one attached hydrogen (secondary N) is 4. The number of hydrogen-bond donors (Lipinski definition) is 4. The lowest BCUT2D eigenvalue weighted by atomic mass is 10.0. The van der Waals surface area contributed by atoms with E-state index in [1.165, 1.54) is 24.3 Å². The SMILES string of the molecule is CC(C)(C)OC(=O)NC(CCCCC(NC(=O)OC(C)(C)C)C(=O)N1CCC2NCC(Oc3ccc(F)cc3)C21)C(=O)N1CCC2NCC(Oc3ccc(F)cc3)C21. The molecule has 2 aromatic carbocycles. The minimum atomic E-state index is -0.943. The lowest BCUT2D eigenvalue weighted by molar-refractivity contribution is -0.136. The molecule has 0 bridgehead atoms. The third-order valence-electron chi connectivity index (χ3n) is 10.8. The largest absolute Gasteiger partial charge is 0.487 e. The summed E-state index contributed by atoms with van der Waals surface area (Å²) in [5, 5.41) is 12.5. The van der Waals surface area contributed by atoms with E-state index in [1.807, 2.05) is 0 Å². The molecule has 0 spiro atoms. The van der Waals surface area contributed by atoms with Crippen molar-refractivity contribution in [2.24, 2.45) is 0 Å². The van der Waals surface area contributed by atoms with Crippen LogP contribution in [0.15, 0.2) is 48.5 Å². The highest BCUT2D eigenvalue weighted by molar-refractivity contribution is 5.87. The van der Waals surface area contributed by atoms with Crippen molar-refractivity contribution >= 4 is 24.0 Å². The van der Waals surface area contributed by atoms with Gasteiger partial charge in [-0.25, -0.2) is 18.4 Å². The summed E-state index contributed by atoms with van der Waals surface area (Å²) in [5.74, 6) is -0.332. The van der Waals surface area contributed by atoms with E-state index in [0.717, 1.165) is 0 Å². The van der Waals surface area contributed by atoms with Crippen LogP contribution in [0.3, 0.4) is 0 Å². The summed E-state index contributed by atoms with van der Waals surface area (Å²) in [5.41, 5.74) is -1.60. The molecule has 16 heteroatoms. The molecule has 4 aliphatic rings. The van der Waals surface area contributed by atoms with E-state index >= 15 is 0 Å². The lowest BCUT2D eigenvalue weighted by Gasteiger charge is -2.33. The molecule has 58 heavy (non-hydrogen) atoms. The number of amides is 4. The summed E-state index contributed by atoms with van der Waals surface area (Å²) in [6, 6.07) is 8.98. The van der Waals surface area contributed by atoms with Crippen molar-refractivity contribution in [3.05, 3.63) is 60.2 Å². The number of benzene rings is 2. The molecular weight excluding hydrogens is 754 g/mol. The van der Waals surface area contributed by atoms with Gasteiger partial charge < -0.3 is 50.0 Å². The molecule has 4 N–H and O–H groups in total. The zero-order valence-corrected chi connectivity index (χ0v) is 34.2. The Morgan fingerprint density at radius 2 is 1.02 bits per heavy atom. The first-order valence-electron chi connectivity index (χ1n) is 20.4. The normalized spacial score (nSPS) is 25.0. The molecule has 8 atom stereocenters. The van der Waals surface area contributed by atoms with Gasteiger partial charge >= 0.3 is 12.2 Å². The fourth-order valence-corrected chi connectivity index (χ4v) is 8.40. The molecule has 4 saturated heterocycles. The second-order valence-corrected chi connectivity index (χ2v) is 17.6. The molecule has 0 radical (unpaired) electrons. The first-order valence-corrected chi connectivity index (χ1v) is 20.4. The van der Waals surface area contributed by atoms with E-state index in [9.17, 15) is 28.0 Å². The number of carbonyl (C=O) groups is 4. The van der Waals surface area contributed by atoms with Gasteiger partial charge in [0.15, 0.2) is 0 Å². The van der Waals surface area contributed by atoms with Crippen LogP contribution in [-0.4, -0.2) is 120 Å². The number of nitrogens with zero attached hydrogens (tertiary/aromatic N) is 2. The van der Waals surface area contributed by atoms with E-state index in [0.29, 0.717) is 63.4 Å². The number of unbranched alkanes of at least 4 members (excludes halogenated alkanes) is 1. The minimum Gasteiger partial charge on any atom is -0.487 e. The molecule has 0 aliphatic carbocycles. The van der Waals surface area contributed by atoms with Gasteiger partial charge in [0.1, 0.15) is 58.6 Å². The zero-order valence-electron chi connectivity index (χ0n) is 34.2. The van der Waals surface area contributed by atoms with Crippen LogP contribution in [0.2, 0.25) is 0 Å². The average Bonchev–Trinajstić information content (AvgIpc) is 3.93. The van der Waals surface area contributed by atoms with Crippen LogP contribution in [0, 0.1) is 11.6 Å². The molecule has 0 saturated carbocycles. The Hall–Kier alpha value is -4.70. The first kappa shape index (κ1) is 42.9. The first-order chi connectivity index (χ1) is 27.4. The summed E-state index contributed by atoms with van der Waals surface area (Å²) in [6.07, 6.45) is 0.478. The van der Waals surface area contributed by atoms with Gasteiger partial charge in [-0.1, -0.05) is 12.8 Å². The summed E-state index contributed by atoms with van der Waals surface area (Å²) in [6.45, 7) is 12.3. The molecule has 8 unspecified atom stereocenters. The van der Waals surface area contributed by atoms with Crippen LogP contribution in [-0.2, 0) is 19.1 Å². The smallest absolute Gasteiger partial charge is 0.408 e. The quantitative estimate of drug-likeness (QED) is 0.210. The van der Waals surface area contributed by atoms with Gasteiger partial charge in [0.05, 0.1) is 12.1 Å². The number of hydrogen-bond acceptors (Lipinski definition) is 10. The Morgan fingerprint density at radius 3 is 1.36 bits per heavy atom. The fraction of sp³-hybridized carbons (Fsp3) is 0.619. The number of fused-ring (bicyclic) bond motifs is 2. The highest BCUT2D eigenvalue weighted by atomic mass is 19.1. The van der Waals surface area contributed by atoms with Crippen molar-refractivity contribution in [1.29, 1.82) is 0 Å². The number of alkyl carbamates (subject to hydrolysis) is 2. The highest BCUT2D eigenvalue weighted by Gasteiger charge is 2.50. The molecule has 4 aliphatic heterocycles. The molecule has 2 aromatic rings. The maximum atomic E-state index is 14.4. The van der Waals surface area contributed by atoms with E-state index in [2.05, 4.69) is 21.3 Å². The van der Waals surface area contributed by atoms with E-state index in [-0.39, 0.29) is 60.5 Å². The third-order valence-corrected chi connectivity index (χ3v) is 10.8. The summed E-state index contributed by atoms with van der Waals surface area (Å²) < 4.78 is 50.7. The van der Waals surface area contributed by atoms with Gasteiger partial charge in [-0.15, -0.1) is 0 Å². The lowest BCUT2D eigenvalue weighted by Crippen LogP contribution is -2.55. The van der Waals surface area contributed by atoms with E-state index in [1.54, 1.807) is 75.6 Å². The van der Waals surface area contributed by atoms with Crippen molar-refractivity contribution in [2.75, 3.05) is 26.2 Å². The summed E-state index contributed by atoms with van der Waals surface area (Å²) in [7, 11) is 0. The molecule has 6 rings (SSSR count). The van der Waals surface area contributed by atoms with Crippen LogP contribution in [0.1, 0.15) is 80.1 Å². The topological polar surface area (TPSA) is 160 Å². The van der Waals surface area contributed by atoms with Gasteiger partial charge in [-0.2, -0.15) is 0 Å². The molecular formula is C42H58F2N6O8. The van der Waals surface area contributed by atoms with Gasteiger partial charge in [-0.05, 0) is 116 Å². The van der Waals surface area contributed by atoms with Gasteiger partial charge in [0, 0.05) is 38.3 Å². The molecule has 4 amide bonds. The third kappa shape index (κ3) is 11.1. The van der Waals surface area contributed by atoms with Crippen molar-refractivity contribution in [3.63, 3.8) is 0 Å². The number of likely N-dealkylation sites (tertiary alicyclic amines) is 2. The van der Waals surface area contributed by atoms with Crippen LogP contribution in [0.25, 0.3) is 0 Å². The van der Waals surface area contributed by atoms with Gasteiger partial charge in [0.2, 0.25) is 11.8 Å². The van der Waals surface area contributed by atoms with Crippen LogP contribution < -0.4 is 30.7 Å². The van der Waals surface area contributed by atoms with Crippen molar-refractivity contribution in [1.82, 2.24) is 31.1 Å². The van der Waals surface area contributed by atoms with Gasteiger partial charge in [0.25, 0.3) is 0 Å². The number of rotatable bonds is 13. The Balaban J connectivity index is 1.14. The predicted molar refractivity (Wildman–Crippen MR) is 210 cm³/mol. The Bertz CT molecular complexity index is 1630. The van der Waals surface area contributed by atoms with Crippen molar-refractivity contribution < 1.29 is 46.9 Å². The average molecular weight is 813 g/mol. The van der Waals surface area contributed by atoms with E-state index in [4.69, 9.17) is 18.9 Å². The maximum absolute atomic E-state index is 14.4. The number of carbonyl (C=O) groups excluding carboxylic acids is 4. The minimum absolute atomic E-state index is 0.0109. The summed E-state index contributed by atoms with van der Waals surface area (Å²) >= 11 is 0. The Kier molecular flexibility index (Phi) is 13.4. The molecule has 4 heterocycles. The van der Waals surface area contributed by atoms with Crippen molar-refractivity contribution in [2.45, 2.75) is 140 Å². The van der Waals surface area contributed by atoms with Crippen LogP contribution in [0.4, 0.5) is 18.4 Å². The number of ether oxygens (including phenoxy) is 4. The monoisotopic (exact) mass is 812 g/mol. The van der Waals surface area contributed by atoms with Crippen LogP contribution in [0.5, 0.6) is 11.5 Å². The molecule has 318 valence electrons. The van der Waals surface area contributed by atoms with Gasteiger partial charge in [-0.3, -0.25) is 9.59 Å². The van der Waals surface area contributed by atoms with Crippen LogP contribution >= 0.6 is 0 Å². The summed E-state index contributed by atoms with van der Waals surface area (Å²) in [4.78, 5) is 58.4. The number of halogens is 2. The fourth-order valence-electron chi connectivity index (χ4n) is 8.40. The molecule has 0 aromatic heterocycles. The van der Waals surface area contributed by atoms with E-state index < -0.39 is 47.7 Å². The zero-order chi connectivity index (χ0) is 41.8. The Labute approximate surface area is 339 Å².